The topological polar surface area (TPSA) is 0 Å². The van der Waals surface area contributed by atoms with Crippen molar-refractivity contribution in [2.45, 2.75) is 71.6 Å². The maximum atomic E-state index is 4.77. The van der Waals surface area contributed by atoms with E-state index in [9.17, 15) is 0 Å². The van der Waals surface area contributed by atoms with Crippen molar-refractivity contribution in [1.29, 1.82) is 0 Å². The van der Waals surface area contributed by atoms with Gasteiger partial charge >= 0.3 is 0 Å². The van der Waals surface area contributed by atoms with E-state index in [-0.39, 0.29) is 0 Å². The number of fused-ring (bicyclic) bond motifs is 2. The Morgan fingerprint density at radius 2 is 1.77 bits per heavy atom. The van der Waals surface area contributed by atoms with Gasteiger partial charge in [0.05, 0.1) is 0 Å². The quantitative estimate of drug-likeness (QED) is 0.339. The van der Waals surface area contributed by atoms with Gasteiger partial charge in [0.15, 0.2) is 0 Å². The summed E-state index contributed by atoms with van der Waals surface area (Å²) >= 11 is 0. The van der Waals surface area contributed by atoms with Crippen LogP contribution in [0.3, 0.4) is 0 Å². The van der Waals surface area contributed by atoms with Gasteiger partial charge in [-0.15, -0.1) is 0 Å². The molecule has 0 bridgehead atoms. The second-order valence-corrected chi connectivity index (χ2v) is 12.3. The normalized spacial score (nSPS) is 22.7. The molecule has 0 N–H and O–H groups in total. The Labute approximate surface area is 241 Å². The van der Waals surface area contributed by atoms with E-state index in [2.05, 4.69) is 101 Å². The molecule has 1 saturated carbocycles. The SMILES string of the molecule is C=C(CCC)C1=C(C)C=C2CC(=CC3=CC=C(c4ccccc4C(=C)C)C3)C(=C)C2C1c1ccc2c(c1)CCC2. The first-order chi connectivity index (χ1) is 19.4. The van der Waals surface area contributed by atoms with Crippen molar-refractivity contribution in [2.24, 2.45) is 5.92 Å². The highest BCUT2D eigenvalue weighted by Gasteiger charge is 2.41. The zero-order chi connectivity index (χ0) is 28.0. The smallest absolute Gasteiger partial charge is 0.0201 e. The van der Waals surface area contributed by atoms with Crippen molar-refractivity contribution in [3.63, 3.8) is 0 Å². The molecule has 2 aromatic carbocycles. The van der Waals surface area contributed by atoms with Gasteiger partial charge in [-0.1, -0.05) is 117 Å². The predicted octanol–water partition coefficient (Wildman–Crippen LogP) is 10.8. The number of hydrogen-bond donors (Lipinski definition) is 0. The van der Waals surface area contributed by atoms with E-state index >= 15 is 0 Å². The van der Waals surface area contributed by atoms with Crippen LogP contribution >= 0.6 is 0 Å². The van der Waals surface area contributed by atoms with E-state index in [1.54, 1.807) is 11.1 Å². The van der Waals surface area contributed by atoms with Crippen LogP contribution < -0.4 is 0 Å². The molecule has 0 spiro atoms. The maximum absolute atomic E-state index is 4.77. The van der Waals surface area contributed by atoms with Crippen LogP contribution in [-0.4, -0.2) is 0 Å². The fourth-order valence-corrected chi connectivity index (χ4v) is 7.60. The Kier molecular flexibility index (Phi) is 7.13. The second kappa shape index (κ2) is 10.7. The summed E-state index contributed by atoms with van der Waals surface area (Å²) in [4.78, 5) is 0. The third kappa shape index (κ3) is 4.68. The van der Waals surface area contributed by atoms with Gasteiger partial charge < -0.3 is 0 Å². The first kappa shape index (κ1) is 26.6. The van der Waals surface area contributed by atoms with Crippen molar-refractivity contribution < 1.29 is 0 Å². The molecule has 0 nitrogen and oxygen atoms in total. The lowest BCUT2D eigenvalue weighted by atomic mass is 9.69. The minimum atomic E-state index is 0.303. The molecule has 2 unspecified atom stereocenters. The van der Waals surface area contributed by atoms with Crippen LogP contribution in [0.2, 0.25) is 0 Å². The molecule has 6 rings (SSSR count). The van der Waals surface area contributed by atoms with Gasteiger partial charge in [-0.05, 0) is 114 Å². The molecule has 0 aliphatic heterocycles. The Hall–Kier alpha value is -3.64. The summed E-state index contributed by atoms with van der Waals surface area (Å²) in [5.74, 6) is 0.619. The highest BCUT2D eigenvalue weighted by atomic mass is 14.4. The van der Waals surface area contributed by atoms with Gasteiger partial charge in [-0.25, -0.2) is 0 Å². The molecule has 40 heavy (non-hydrogen) atoms. The molecular formula is C40H42. The van der Waals surface area contributed by atoms with E-state index in [0.29, 0.717) is 11.8 Å². The lowest BCUT2D eigenvalue weighted by Gasteiger charge is -2.35. The first-order valence-electron chi connectivity index (χ1n) is 15.1. The summed E-state index contributed by atoms with van der Waals surface area (Å²) in [6.07, 6.45) is 17.3. The zero-order valence-electron chi connectivity index (χ0n) is 24.6. The average Bonchev–Trinajstić information content (AvgIpc) is 3.67. The molecule has 0 radical (unpaired) electrons. The van der Waals surface area contributed by atoms with Gasteiger partial charge in [0.2, 0.25) is 0 Å². The molecule has 202 valence electrons. The third-order valence-corrected chi connectivity index (χ3v) is 9.45. The zero-order valence-corrected chi connectivity index (χ0v) is 24.6. The summed E-state index contributed by atoms with van der Waals surface area (Å²) in [5, 5.41) is 0. The molecule has 1 fully saturated rings. The summed E-state index contributed by atoms with van der Waals surface area (Å²) in [6, 6.07) is 16.0. The second-order valence-electron chi connectivity index (χ2n) is 12.3. The van der Waals surface area contributed by atoms with Gasteiger partial charge in [0, 0.05) is 11.8 Å². The van der Waals surface area contributed by atoms with Gasteiger partial charge in [0.25, 0.3) is 0 Å². The van der Waals surface area contributed by atoms with E-state index < -0.39 is 0 Å². The molecular weight excluding hydrogens is 480 g/mol. The minimum Gasteiger partial charge on any atom is -0.0955 e. The van der Waals surface area contributed by atoms with Crippen LogP contribution in [0.1, 0.15) is 86.6 Å². The molecule has 0 heterocycles. The lowest BCUT2D eigenvalue weighted by molar-refractivity contribution is 0.618. The largest absolute Gasteiger partial charge is 0.0955 e. The van der Waals surface area contributed by atoms with Crippen LogP contribution in [0.5, 0.6) is 0 Å². The molecule has 4 aliphatic carbocycles. The number of allylic oxidation sites excluding steroid dienone is 13. The molecule has 0 saturated heterocycles. The molecule has 0 amide bonds. The fraction of sp³-hybridized carbons (Fsp3) is 0.300. The number of rotatable bonds is 7. The third-order valence-electron chi connectivity index (χ3n) is 9.45. The highest BCUT2D eigenvalue weighted by Crippen LogP contribution is 2.55. The van der Waals surface area contributed by atoms with Crippen molar-refractivity contribution in [3.8, 4) is 0 Å². The van der Waals surface area contributed by atoms with Crippen LogP contribution in [0.25, 0.3) is 11.1 Å². The Balaban J connectivity index is 1.32. The van der Waals surface area contributed by atoms with Crippen LogP contribution in [0, 0.1) is 5.92 Å². The first-order valence-corrected chi connectivity index (χ1v) is 15.1. The Morgan fingerprint density at radius 1 is 0.975 bits per heavy atom. The minimum absolute atomic E-state index is 0.303. The fourth-order valence-electron chi connectivity index (χ4n) is 7.60. The highest BCUT2D eigenvalue weighted by molar-refractivity contribution is 5.82. The Bertz CT molecular complexity index is 1590. The summed E-state index contributed by atoms with van der Waals surface area (Å²) in [6.45, 7) is 20.3. The van der Waals surface area contributed by atoms with Crippen molar-refractivity contribution >= 4 is 11.1 Å². The standard InChI is InChI=1S/C40H42/c1-7-11-26(4)38-27(5)20-35-24-34(22-29-16-17-32(21-29)37-15-9-8-14-36(37)25(2)3)28(6)39(35)40(38)33-19-18-30-12-10-13-31(30)23-33/h8-9,14-20,22-23,39-40H,2,4,6-7,10-13,21,24H2,1,3,5H3. The molecule has 4 aliphatic rings. The maximum Gasteiger partial charge on any atom is 0.0201 e. The monoisotopic (exact) mass is 522 g/mol. The van der Waals surface area contributed by atoms with E-state index in [0.717, 1.165) is 31.3 Å². The summed E-state index contributed by atoms with van der Waals surface area (Å²) in [7, 11) is 0. The van der Waals surface area contributed by atoms with Crippen LogP contribution in [0.4, 0.5) is 0 Å². The number of aryl methyl sites for hydroxylation is 2. The number of benzene rings is 2. The van der Waals surface area contributed by atoms with Gasteiger partial charge in [-0.2, -0.15) is 0 Å². The van der Waals surface area contributed by atoms with Gasteiger partial charge in [0.1, 0.15) is 0 Å². The number of hydrogen-bond acceptors (Lipinski definition) is 0. The average molecular weight is 523 g/mol. The molecule has 2 atom stereocenters. The van der Waals surface area contributed by atoms with Crippen molar-refractivity contribution in [2.75, 3.05) is 0 Å². The van der Waals surface area contributed by atoms with Crippen molar-refractivity contribution in [3.05, 3.63) is 153 Å². The van der Waals surface area contributed by atoms with Crippen LogP contribution in [-0.2, 0) is 12.8 Å². The lowest BCUT2D eigenvalue weighted by Crippen LogP contribution is -2.21. The van der Waals surface area contributed by atoms with Gasteiger partial charge in [-0.3, -0.25) is 0 Å². The predicted molar refractivity (Wildman–Crippen MR) is 173 cm³/mol. The van der Waals surface area contributed by atoms with Crippen molar-refractivity contribution in [1.82, 2.24) is 0 Å². The molecule has 0 heteroatoms. The Morgan fingerprint density at radius 3 is 2.58 bits per heavy atom. The van der Waals surface area contributed by atoms with E-state index in [4.69, 9.17) is 6.58 Å². The van der Waals surface area contributed by atoms with E-state index in [1.165, 1.54) is 80.5 Å². The molecule has 0 aromatic heterocycles. The van der Waals surface area contributed by atoms with Crippen LogP contribution in [0.15, 0.2) is 126 Å². The summed E-state index contributed by atoms with van der Waals surface area (Å²) < 4.78 is 0. The summed E-state index contributed by atoms with van der Waals surface area (Å²) in [5.41, 5.74) is 19.3. The van der Waals surface area contributed by atoms with E-state index in [1.807, 2.05) is 0 Å². The molecule has 2 aromatic rings.